The Morgan fingerprint density at radius 3 is 2.39 bits per heavy atom. The van der Waals surface area contributed by atoms with E-state index >= 15 is 0 Å². The zero-order chi connectivity index (χ0) is 22.1. The Morgan fingerprint density at radius 1 is 1.03 bits per heavy atom. The molecule has 0 spiro atoms. The largest absolute Gasteiger partial charge is 0.352 e. The van der Waals surface area contributed by atoms with Gasteiger partial charge in [0.1, 0.15) is 6.04 Å². The Kier molecular flexibility index (Phi) is 8.96. The number of nitrogens with one attached hydrogen (secondary N) is 1. The first-order valence-electron chi connectivity index (χ1n) is 11.5. The molecule has 0 bridgehead atoms. The molecule has 31 heavy (non-hydrogen) atoms. The van der Waals surface area contributed by atoms with Gasteiger partial charge in [-0.15, -0.1) is 0 Å². The summed E-state index contributed by atoms with van der Waals surface area (Å²) in [6, 6.07) is 17.2. The number of carbonyl (C=O) groups excluding carboxylic acids is 2. The molecule has 1 saturated carbocycles. The second-order valence-electron chi connectivity index (χ2n) is 8.37. The number of carbonyl (C=O) groups is 2. The molecular weight excluding hydrogens is 408 g/mol. The Labute approximate surface area is 191 Å². The van der Waals surface area contributed by atoms with Crippen LogP contribution in [-0.2, 0) is 22.6 Å². The zero-order valence-corrected chi connectivity index (χ0v) is 19.1. The molecule has 1 aliphatic carbocycles. The highest BCUT2D eigenvalue weighted by atomic mass is 35.5. The molecule has 2 aromatic carbocycles. The van der Waals surface area contributed by atoms with Crippen LogP contribution in [0, 0.1) is 0 Å². The lowest BCUT2D eigenvalue weighted by Crippen LogP contribution is -2.51. The van der Waals surface area contributed by atoms with E-state index in [0.29, 0.717) is 30.8 Å². The highest BCUT2D eigenvalue weighted by Crippen LogP contribution is 2.22. The van der Waals surface area contributed by atoms with Crippen molar-refractivity contribution in [3.63, 3.8) is 0 Å². The maximum Gasteiger partial charge on any atom is 0.243 e. The van der Waals surface area contributed by atoms with Gasteiger partial charge in [0.05, 0.1) is 0 Å². The summed E-state index contributed by atoms with van der Waals surface area (Å²) >= 11 is 6.39. The SMILES string of the molecule is CC[C@@H](C(=O)NC1CCCCC1)N(Cc1ccccc1Cl)C(=O)CCc1ccccc1. The second kappa shape index (κ2) is 11.9. The molecule has 166 valence electrons. The normalized spacial score (nSPS) is 15.3. The van der Waals surface area contributed by atoms with E-state index in [1.807, 2.05) is 61.5 Å². The van der Waals surface area contributed by atoms with E-state index in [1.165, 1.54) is 6.42 Å². The van der Waals surface area contributed by atoms with E-state index in [9.17, 15) is 9.59 Å². The lowest BCUT2D eigenvalue weighted by molar-refractivity contribution is -0.141. The molecule has 3 rings (SSSR count). The van der Waals surface area contributed by atoms with Gasteiger partial charge in [0.15, 0.2) is 0 Å². The average molecular weight is 441 g/mol. The van der Waals surface area contributed by atoms with Crippen molar-refractivity contribution in [2.45, 2.75) is 76.9 Å². The molecule has 0 heterocycles. The Balaban J connectivity index is 1.75. The summed E-state index contributed by atoms with van der Waals surface area (Å²) in [5.41, 5.74) is 1.98. The summed E-state index contributed by atoms with van der Waals surface area (Å²) in [4.78, 5) is 28.3. The summed E-state index contributed by atoms with van der Waals surface area (Å²) in [6.45, 7) is 2.30. The number of hydrogen-bond donors (Lipinski definition) is 1. The summed E-state index contributed by atoms with van der Waals surface area (Å²) in [7, 11) is 0. The van der Waals surface area contributed by atoms with Crippen LogP contribution in [0.1, 0.15) is 63.0 Å². The van der Waals surface area contributed by atoms with E-state index in [0.717, 1.165) is 36.8 Å². The predicted molar refractivity (Wildman–Crippen MR) is 126 cm³/mol. The van der Waals surface area contributed by atoms with Crippen LogP contribution in [0.3, 0.4) is 0 Å². The van der Waals surface area contributed by atoms with Crippen LogP contribution in [0.4, 0.5) is 0 Å². The van der Waals surface area contributed by atoms with Gasteiger partial charge < -0.3 is 10.2 Å². The predicted octanol–water partition coefficient (Wildman–Crippen LogP) is 5.53. The Bertz CT molecular complexity index is 849. The third kappa shape index (κ3) is 6.83. The monoisotopic (exact) mass is 440 g/mol. The molecule has 2 amide bonds. The van der Waals surface area contributed by atoms with E-state index in [-0.39, 0.29) is 17.9 Å². The van der Waals surface area contributed by atoms with Gasteiger partial charge in [-0.1, -0.05) is 86.3 Å². The van der Waals surface area contributed by atoms with Crippen molar-refractivity contribution in [2.75, 3.05) is 0 Å². The van der Waals surface area contributed by atoms with Crippen LogP contribution >= 0.6 is 11.6 Å². The smallest absolute Gasteiger partial charge is 0.243 e. The number of aryl methyl sites for hydroxylation is 1. The van der Waals surface area contributed by atoms with Crippen molar-refractivity contribution >= 4 is 23.4 Å². The average Bonchev–Trinajstić information content (AvgIpc) is 2.80. The third-order valence-corrected chi connectivity index (χ3v) is 6.48. The van der Waals surface area contributed by atoms with Gasteiger partial charge in [-0.3, -0.25) is 9.59 Å². The summed E-state index contributed by atoms with van der Waals surface area (Å²) < 4.78 is 0. The summed E-state index contributed by atoms with van der Waals surface area (Å²) in [5.74, 6) is -0.0658. The Morgan fingerprint density at radius 2 is 1.71 bits per heavy atom. The van der Waals surface area contributed by atoms with Gasteiger partial charge in [0, 0.05) is 24.0 Å². The third-order valence-electron chi connectivity index (χ3n) is 6.11. The van der Waals surface area contributed by atoms with Gasteiger partial charge in [-0.25, -0.2) is 0 Å². The van der Waals surface area contributed by atoms with Crippen LogP contribution in [0.15, 0.2) is 54.6 Å². The van der Waals surface area contributed by atoms with E-state index in [2.05, 4.69) is 5.32 Å². The van der Waals surface area contributed by atoms with Crippen molar-refractivity contribution < 1.29 is 9.59 Å². The number of halogens is 1. The minimum atomic E-state index is -0.499. The second-order valence-corrected chi connectivity index (χ2v) is 8.77. The number of amides is 2. The van der Waals surface area contributed by atoms with Crippen LogP contribution in [0.25, 0.3) is 0 Å². The fourth-order valence-corrected chi connectivity index (χ4v) is 4.51. The Hall–Kier alpha value is -2.33. The molecule has 0 radical (unpaired) electrons. The van der Waals surface area contributed by atoms with Gasteiger partial charge in [0.2, 0.25) is 11.8 Å². The van der Waals surface area contributed by atoms with Crippen LogP contribution < -0.4 is 5.32 Å². The molecule has 5 heteroatoms. The molecule has 0 aromatic heterocycles. The number of hydrogen-bond acceptors (Lipinski definition) is 2. The minimum absolute atomic E-state index is 0.0191. The van der Waals surface area contributed by atoms with Gasteiger partial charge in [0.25, 0.3) is 0 Å². The fraction of sp³-hybridized carbons (Fsp3) is 0.462. The first kappa shape index (κ1) is 23.3. The van der Waals surface area contributed by atoms with E-state index < -0.39 is 6.04 Å². The summed E-state index contributed by atoms with van der Waals surface area (Å²) in [6.07, 6.45) is 7.17. The molecule has 0 saturated heterocycles. The number of benzene rings is 2. The van der Waals surface area contributed by atoms with Crippen molar-refractivity contribution in [1.29, 1.82) is 0 Å². The van der Waals surface area contributed by atoms with Crippen LogP contribution in [0.5, 0.6) is 0 Å². The van der Waals surface area contributed by atoms with Gasteiger partial charge in [-0.2, -0.15) is 0 Å². The number of nitrogens with zero attached hydrogens (tertiary/aromatic N) is 1. The molecule has 1 aliphatic rings. The molecule has 1 atom stereocenters. The number of rotatable bonds is 9. The van der Waals surface area contributed by atoms with Crippen molar-refractivity contribution in [3.8, 4) is 0 Å². The molecular formula is C26H33ClN2O2. The van der Waals surface area contributed by atoms with E-state index in [1.54, 1.807) is 4.90 Å². The van der Waals surface area contributed by atoms with Crippen LogP contribution in [0.2, 0.25) is 5.02 Å². The van der Waals surface area contributed by atoms with Gasteiger partial charge >= 0.3 is 0 Å². The van der Waals surface area contributed by atoms with Crippen molar-refractivity contribution in [2.24, 2.45) is 0 Å². The van der Waals surface area contributed by atoms with Crippen LogP contribution in [-0.4, -0.2) is 28.8 Å². The first-order valence-corrected chi connectivity index (χ1v) is 11.8. The molecule has 1 N–H and O–H groups in total. The maximum absolute atomic E-state index is 13.3. The lowest BCUT2D eigenvalue weighted by Gasteiger charge is -2.33. The van der Waals surface area contributed by atoms with Crippen molar-refractivity contribution in [3.05, 3.63) is 70.7 Å². The lowest BCUT2D eigenvalue weighted by atomic mass is 9.95. The maximum atomic E-state index is 13.3. The van der Waals surface area contributed by atoms with Crippen molar-refractivity contribution in [1.82, 2.24) is 10.2 Å². The van der Waals surface area contributed by atoms with E-state index in [4.69, 9.17) is 11.6 Å². The molecule has 0 unspecified atom stereocenters. The zero-order valence-electron chi connectivity index (χ0n) is 18.4. The highest BCUT2D eigenvalue weighted by Gasteiger charge is 2.30. The minimum Gasteiger partial charge on any atom is -0.352 e. The standard InChI is InChI=1S/C26H33ClN2O2/c1-2-24(26(31)28-22-14-7-4-8-15-22)29(19-21-13-9-10-16-23(21)27)25(30)18-17-20-11-5-3-6-12-20/h3,5-6,9-13,16,22,24H,2,4,7-8,14-15,17-19H2,1H3,(H,28,31)/t24-/m0/s1. The fourth-order valence-electron chi connectivity index (χ4n) is 4.31. The van der Waals surface area contributed by atoms with Gasteiger partial charge in [-0.05, 0) is 42.9 Å². The quantitative estimate of drug-likeness (QED) is 0.557. The molecule has 4 nitrogen and oxygen atoms in total. The molecule has 0 aliphatic heterocycles. The topological polar surface area (TPSA) is 49.4 Å². The summed E-state index contributed by atoms with van der Waals surface area (Å²) in [5, 5.41) is 3.83. The molecule has 2 aromatic rings. The highest BCUT2D eigenvalue weighted by molar-refractivity contribution is 6.31. The molecule has 1 fully saturated rings. The first-order chi connectivity index (χ1) is 15.1.